The van der Waals surface area contributed by atoms with Gasteiger partial charge in [0, 0.05) is 12.0 Å². The first kappa shape index (κ1) is 15.7. The predicted octanol–water partition coefficient (Wildman–Crippen LogP) is 2.88. The van der Waals surface area contributed by atoms with E-state index in [1.165, 1.54) is 0 Å². The van der Waals surface area contributed by atoms with Gasteiger partial charge < -0.3 is 9.84 Å². The lowest BCUT2D eigenvalue weighted by Crippen LogP contribution is -2.50. The number of rotatable bonds is 5. The van der Waals surface area contributed by atoms with Gasteiger partial charge in [0.1, 0.15) is 0 Å². The molecule has 1 aliphatic rings. The Morgan fingerprint density at radius 3 is 2.26 bits per heavy atom. The third kappa shape index (κ3) is 2.82. The van der Waals surface area contributed by atoms with Crippen LogP contribution in [-0.4, -0.2) is 22.6 Å². The van der Waals surface area contributed by atoms with Crippen molar-refractivity contribution in [2.45, 2.75) is 46.1 Å². The Labute approximate surface area is 114 Å². The Bertz CT molecular complexity index is 372. The van der Waals surface area contributed by atoms with Crippen molar-refractivity contribution in [2.75, 3.05) is 0 Å². The maximum absolute atomic E-state index is 11.7. The lowest BCUT2D eigenvalue weighted by atomic mass is 9.74. The van der Waals surface area contributed by atoms with Gasteiger partial charge in [0.25, 0.3) is 0 Å². The van der Waals surface area contributed by atoms with Crippen LogP contribution in [0.15, 0.2) is 12.7 Å². The molecule has 0 aromatic carbocycles. The molecule has 1 N–H and O–H groups in total. The molecule has 0 radical (unpaired) electrons. The first-order valence-corrected chi connectivity index (χ1v) is 6.85. The van der Waals surface area contributed by atoms with Gasteiger partial charge in [-0.3, -0.25) is 0 Å². The Balaban J connectivity index is 3.18. The highest BCUT2D eigenvalue weighted by molar-refractivity contribution is 5.87. The maximum atomic E-state index is 11.7. The van der Waals surface area contributed by atoms with E-state index in [-0.39, 0.29) is 17.8 Å². The number of ether oxygens (including phenoxy) is 1. The van der Waals surface area contributed by atoms with Crippen molar-refractivity contribution in [3.63, 3.8) is 0 Å². The van der Waals surface area contributed by atoms with Crippen LogP contribution < -0.4 is 0 Å². The van der Waals surface area contributed by atoms with Crippen LogP contribution in [0.1, 0.15) is 40.5 Å². The van der Waals surface area contributed by atoms with E-state index >= 15 is 0 Å². The zero-order chi connectivity index (χ0) is 14.8. The van der Waals surface area contributed by atoms with Gasteiger partial charge in [-0.05, 0) is 30.6 Å². The second kappa shape index (κ2) is 5.76. The minimum Gasteiger partial charge on any atom is -0.478 e. The van der Waals surface area contributed by atoms with Crippen molar-refractivity contribution in [3.8, 4) is 0 Å². The molecule has 4 heteroatoms. The van der Waals surface area contributed by atoms with Crippen molar-refractivity contribution >= 4 is 11.9 Å². The number of carbonyl (C=O) groups excluding carboxylic acids is 1. The highest BCUT2D eigenvalue weighted by Gasteiger charge is 2.58. The largest absolute Gasteiger partial charge is 0.478 e. The molecule has 4 nitrogen and oxygen atoms in total. The fraction of sp³-hybridized carbons (Fsp3) is 0.733. The lowest BCUT2D eigenvalue weighted by molar-refractivity contribution is -0.183. The first-order valence-electron chi connectivity index (χ1n) is 6.85. The summed E-state index contributed by atoms with van der Waals surface area (Å²) in [6.45, 7) is 11.5. The van der Waals surface area contributed by atoms with Gasteiger partial charge in [0.2, 0.25) is 5.60 Å². The molecule has 0 aromatic rings. The average Bonchev–Trinajstić information content (AvgIpc) is 2.69. The molecule has 0 heterocycles. The normalized spacial score (nSPS) is 30.6. The zero-order valence-electron chi connectivity index (χ0n) is 12.2. The smallest absolute Gasteiger partial charge is 0.348 e. The molecule has 1 fully saturated rings. The monoisotopic (exact) mass is 268 g/mol. The lowest BCUT2D eigenvalue weighted by Gasteiger charge is -2.36. The van der Waals surface area contributed by atoms with Gasteiger partial charge in [-0.15, -0.1) is 0 Å². The number of hydrogen-bond donors (Lipinski definition) is 1. The Morgan fingerprint density at radius 1 is 1.32 bits per heavy atom. The quantitative estimate of drug-likeness (QED) is 0.615. The number of carboxylic acids is 1. The Morgan fingerprint density at radius 2 is 1.89 bits per heavy atom. The van der Waals surface area contributed by atoms with Crippen molar-refractivity contribution in [1.82, 2.24) is 0 Å². The molecule has 1 saturated carbocycles. The minimum atomic E-state index is -1.39. The van der Waals surface area contributed by atoms with Crippen LogP contribution in [0.5, 0.6) is 0 Å². The van der Waals surface area contributed by atoms with Crippen LogP contribution in [0, 0.1) is 23.7 Å². The Hall–Kier alpha value is -1.32. The third-order valence-corrected chi connectivity index (χ3v) is 4.23. The zero-order valence-corrected chi connectivity index (χ0v) is 12.2. The summed E-state index contributed by atoms with van der Waals surface area (Å²) in [5.74, 6) is -1.08. The van der Waals surface area contributed by atoms with E-state index in [4.69, 9.17) is 4.74 Å². The second-order valence-corrected chi connectivity index (χ2v) is 6.04. The fourth-order valence-electron chi connectivity index (χ4n) is 3.49. The standard InChI is InChI=1S/C15H24O4/c1-6-12(16)19-15(14(17)18)8-7-11(9(2)3)13(15)10(4)5/h6,9-11,13H,1,7-8H2,2-5H3,(H,17,18)/t11?,13?,15-/m1/s1. The van der Waals surface area contributed by atoms with Gasteiger partial charge in [-0.2, -0.15) is 0 Å². The fourth-order valence-corrected chi connectivity index (χ4v) is 3.49. The highest BCUT2D eigenvalue weighted by atomic mass is 16.6. The summed E-state index contributed by atoms with van der Waals surface area (Å²) < 4.78 is 5.31. The van der Waals surface area contributed by atoms with E-state index in [9.17, 15) is 14.7 Å². The third-order valence-electron chi connectivity index (χ3n) is 4.23. The second-order valence-electron chi connectivity index (χ2n) is 6.04. The van der Waals surface area contributed by atoms with E-state index in [1.807, 2.05) is 13.8 Å². The van der Waals surface area contributed by atoms with Gasteiger partial charge in [-0.25, -0.2) is 9.59 Å². The Kier molecular flexibility index (Phi) is 4.77. The van der Waals surface area contributed by atoms with E-state index in [1.54, 1.807) is 0 Å². The van der Waals surface area contributed by atoms with Crippen LogP contribution in [0.4, 0.5) is 0 Å². The summed E-state index contributed by atoms with van der Waals surface area (Å²) in [6, 6.07) is 0. The van der Waals surface area contributed by atoms with Crippen LogP contribution in [0.3, 0.4) is 0 Å². The van der Waals surface area contributed by atoms with Crippen LogP contribution in [-0.2, 0) is 14.3 Å². The molecule has 1 aliphatic carbocycles. The highest BCUT2D eigenvalue weighted by Crippen LogP contribution is 2.49. The van der Waals surface area contributed by atoms with Gasteiger partial charge >= 0.3 is 11.9 Å². The van der Waals surface area contributed by atoms with E-state index in [2.05, 4.69) is 20.4 Å². The van der Waals surface area contributed by atoms with Crippen molar-refractivity contribution in [1.29, 1.82) is 0 Å². The van der Waals surface area contributed by atoms with E-state index in [0.717, 1.165) is 12.5 Å². The first-order chi connectivity index (χ1) is 8.76. The molecule has 2 unspecified atom stereocenters. The van der Waals surface area contributed by atoms with Crippen LogP contribution in [0.2, 0.25) is 0 Å². The minimum absolute atomic E-state index is 0.142. The maximum Gasteiger partial charge on any atom is 0.348 e. The number of esters is 1. The number of carbonyl (C=O) groups is 2. The van der Waals surface area contributed by atoms with E-state index < -0.39 is 17.5 Å². The molecule has 3 atom stereocenters. The molecule has 108 valence electrons. The van der Waals surface area contributed by atoms with Gasteiger partial charge in [0.15, 0.2) is 0 Å². The van der Waals surface area contributed by atoms with E-state index in [0.29, 0.717) is 12.3 Å². The SMILES string of the molecule is C=CC(=O)O[C@]1(C(=O)O)CCC(C(C)C)C1C(C)C. The molecule has 0 aliphatic heterocycles. The summed E-state index contributed by atoms with van der Waals surface area (Å²) >= 11 is 0. The summed E-state index contributed by atoms with van der Waals surface area (Å²) in [6.07, 6.45) is 2.19. The van der Waals surface area contributed by atoms with Crippen molar-refractivity contribution in [2.24, 2.45) is 23.7 Å². The molecule has 0 bridgehead atoms. The van der Waals surface area contributed by atoms with Crippen molar-refractivity contribution in [3.05, 3.63) is 12.7 Å². The average molecular weight is 268 g/mol. The van der Waals surface area contributed by atoms with Crippen LogP contribution in [0.25, 0.3) is 0 Å². The van der Waals surface area contributed by atoms with Gasteiger partial charge in [-0.1, -0.05) is 34.3 Å². The summed E-state index contributed by atoms with van der Waals surface area (Å²) in [5, 5.41) is 9.62. The molecule has 0 saturated heterocycles. The molecule has 0 spiro atoms. The van der Waals surface area contributed by atoms with Crippen molar-refractivity contribution < 1.29 is 19.4 Å². The molecular weight excluding hydrogens is 244 g/mol. The van der Waals surface area contributed by atoms with Gasteiger partial charge in [0.05, 0.1) is 0 Å². The number of hydrogen-bond acceptors (Lipinski definition) is 3. The summed E-state index contributed by atoms with van der Waals surface area (Å²) in [4.78, 5) is 23.3. The summed E-state index contributed by atoms with van der Waals surface area (Å²) in [7, 11) is 0. The molecule has 0 aromatic heterocycles. The summed E-state index contributed by atoms with van der Waals surface area (Å²) in [5.41, 5.74) is -1.39. The molecule has 0 amide bonds. The number of aliphatic carboxylic acids is 1. The molecule has 19 heavy (non-hydrogen) atoms. The predicted molar refractivity (Wildman–Crippen MR) is 72.5 cm³/mol. The van der Waals surface area contributed by atoms with Crippen LogP contribution >= 0.6 is 0 Å². The molecule has 1 rings (SSSR count). The molecular formula is C15H24O4. The number of carboxylic acid groups (broad SMARTS) is 1. The topological polar surface area (TPSA) is 63.6 Å².